The van der Waals surface area contributed by atoms with Crippen molar-refractivity contribution >= 4 is 11.6 Å². The highest BCUT2D eigenvalue weighted by molar-refractivity contribution is 6.31. The second-order valence-corrected chi connectivity index (χ2v) is 6.23. The van der Waals surface area contributed by atoms with Gasteiger partial charge in [0.25, 0.3) is 0 Å². The number of nitrogens with zero attached hydrogens (tertiary/aromatic N) is 4. The molecule has 0 aliphatic carbocycles. The first-order valence-electron chi connectivity index (χ1n) is 7.80. The molecule has 0 spiro atoms. The Morgan fingerprint density at radius 3 is 2.65 bits per heavy atom. The van der Waals surface area contributed by atoms with E-state index in [2.05, 4.69) is 26.7 Å². The molecule has 122 valence electrons. The maximum atomic E-state index is 13.9. The average Bonchev–Trinajstić information content (AvgIpc) is 2.59. The number of piperazine rings is 1. The number of rotatable bonds is 4. The van der Waals surface area contributed by atoms with E-state index >= 15 is 0 Å². The molecule has 4 nitrogen and oxygen atoms in total. The Labute approximate surface area is 140 Å². The lowest BCUT2D eigenvalue weighted by molar-refractivity contribution is 0.0956. The van der Waals surface area contributed by atoms with Crippen LogP contribution in [0.5, 0.6) is 0 Å². The average molecular weight is 335 g/mol. The van der Waals surface area contributed by atoms with Crippen LogP contribution in [0, 0.1) is 5.82 Å². The Hall–Kier alpha value is -1.56. The van der Waals surface area contributed by atoms with E-state index in [1.165, 1.54) is 6.07 Å². The third kappa shape index (κ3) is 3.86. The Bertz CT molecular complexity index is 624. The van der Waals surface area contributed by atoms with E-state index < -0.39 is 0 Å². The molecule has 0 unspecified atom stereocenters. The monoisotopic (exact) mass is 334 g/mol. The van der Waals surface area contributed by atoms with E-state index in [1.807, 2.05) is 6.20 Å². The van der Waals surface area contributed by atoms with Gasteiger partial charge in [-0.1, -0.05) is 17.7 Å². The molecule has 1 aromatic heterocycles. The van der Waals surface area contributed by atoms with Crippen molar-refractivity contribution in [2.45, 2.75) is 19.5 Å². The molecule has 0 radical (unpaired) electrons. The van der Waals surface area contributed by atoms with Crippen LogP contribution in [0.25, 0.3) is 0 Å². The number of aromatic nitrogens is 2. The zero-order valence-electron chi connectivity index (χ0n) is 13.1. The fourth-order valence-corrected chi connectivity index (χ4v) is 3.15. The molecule has 0 saturated carbocycles. The van der Waals surface area contributed by atoms with Crippen LogP contribution in [0.3, 0.4) is 0 Å². The highest BCUT2D eigenvalue weighted by Crippen LogP contribution is 2.23. The summed E-state index contributed by atoms with van der Waals surface area (Å²) < 4.78 is 13.9. The fourth-order valence-electron chi connectivity index (χ4n) is 2.93. The van der Waals surface area contributed by atoms with E-state index in [0.29, 0.717) is 17.1 Å². The fraction of sp³-hybridized carbons (Fsp3) is 0.412. The lowest BCUT2D eigenvalue weighted by atomic mass is 10.1. The standard InChI is InChI=1S/C17H20ClFN4/c1-13(17-11-20-5-6-21-17)23-9-7-22(8-10-23)12-14-15(18)3-2-4-16(14)19/h2-6,11,13H,7-10,12H2,1H3/t13-/m0/s1. The molecule has 0 bridgehead atoms. The molecule has 0 N–H and O–H groups in total. The Kier molecular flexibility index (Phi) is 5.20. The minimum Gasteiger partial charge on any atom is -0.296 e. The first kappa shape index (κ1) is 16.3. The van der Waals surface area contributed by atoms with E-state index in [9.17, 15) is 4.39 Å². The number of benzene rings is 1. The van der Waals surface area contributed by atoms with Crippen LogP contribution in [-0.4, -0.2) is 45.9 Å². The second kappa shape index (κ2) is 7.34. The van der Waals surface area contributed by atoms with E-state index in [1.54, 1.807) is 24.5 Å². The lowest BCUT2D eigenvalue weighted by Gasteiger charge is -2.37. The second-order valence-electron chi connectivity index (χ2n) is 5.82. The first-order chi connectivity index (χ1) is 11.1. The largest absolute Gasteiger partial charge is 0.296 e. The van der Waals surface area contributed by atoms with Gasteiger partial charge in [-0.05, 0) is 19.1 Å². The molecule has 1 aliphatic rings. The molecule has 6 heteroatoms. The van der Waals surface area contributed by atoms with Crippen molar-refractivity contribution in [3.05, 3.63) is 58.9 Å². The molecule has 1 aliphatic heterocycles. The van der Waals surface area contributed by atoms with Gasteiger partial charge in [-0.15, -0.1) is 0 Å². The molecular weight excluding hydrogens is 315 g/mol. The highest BCUT2D eigenvalue weighted by Gasteiger charge is 2.23. The van der Waals surface area contributed by atoms with Crippen molar-refractivity contribution in [2.24, 2.45) is 0 Å². The third-order valence-electron chi connectivity index (χ3n) is 4.41. The van der Waals surface area contributed by atoms with Crippen molar-refractivity contribution in [2.75, 3.05) is 26.2 Å². The number of hydrogen-bond donors (Lipinski definition) is 0. The van der Waals surface area contributed by atoms with Crippen LogP contribution < -0.4 is 0 Å². The molecule has 2 heterocycles. The number of hydrogen-bond acceptors (Lipinski definition) is 4. The van der Waals surface area contributed by atoms with Gasteiger partial charge in [0, 0.05) is 61.9 Å². The Balaban J connectivity index is 1.58. The molecule has 0 amide bonds. The summed E-state index contributed by atoms with van der Waals surface area (Å²) in [5, 5.41) is 0.500. The van der Waals surface area contributed by atoms with Crippen molar-refractivity contribution < 1.29 is 4.39 Å². The van der Waals surface area contributed by atoms with Crippen LogP contribution in [0.4, 0.5) is 4.39 Å². The summed E-state index contributed by atoms with van der Waals surface area (Å²) in [7, 11) is 0. The molecular formula is C17H20ClFN4. The summed E-state index contributed by atoms with van der Waals surface area (Å²) in [6.07, 6.45) is 5.23. The molecule has 3 rings (SSSR count). The minimum absolute atomic E-state index is 0.229. The molecule has 2 aromatic rings. The molecule has 1 saturated heterocycles. The molecule has 1 fully saturated rings. The maximum Gasteiger partial charge on any atom is 0.129 e. The van der Waals surface area contributed by atoms with Crippen LogP contribution in [0.1, 0.15) is 24.2 Å². The van der Waals surface area contributed by atoms with E-state index in [4.69, 9.17) is 11.6 Å². The first-order valence-corrected chi connectivity index (χ1v) is 8.18. The zero-order valence-corrected chi connectivity index (χ0v) is 13.9. The van der Waals surface area contributed by atoms with Crippen molar-refractivity contribution in [1.29, 1.82) is 0 Å². The van der Waals surface area contributed by atoms with Gasteiger partial charge in [-0.2, -0.15) is 0 Å². The SMILES string of the molecule is C[C@@H](c1cnccn1)N1CCN(Cc2c(F)cccc2Cl)CC1. The quantitative estimate of drug-likeness (QED) is 0.859. The van der Waals surface area contributed by atoms with Gasteiger partial charge in [-0.25, -0.2) is 4.39 Å². The summed E-state index contributed by atoms with van der Waals surface area (Å²) in [5.74, 6) is -0.229. The van der Waals surface area contributed by atoms with E-state index in [0.717, 1.165) is 31.9 Å². The third-order valence-corrected chi connectivity index (χ3v) is 4.76. The van der Waals surface area contributed by atoms with Gasteiger partial charge in [0.15, 0.2) is 0 Å². The Morgan fingerprint density at radius 2 is 2.00 bits per heavy atom. The van der Waals surface area contributed by atoms with E-state index in [-0.39, 0.29) is 11.9 Å². The Morgan fingerprint density at radius 1 is 1.22 bits per heavy atom. The summed E-state index contributed by atoms with van der Waals surface area (Å²) in [6.45, 7) is 6.31. The molecule has 1 atom stereocenters. The predicted octanol–water partition coefficient (Wildman–Crippen LogP) is 3.15. The van der Waals surface area contributed by atoms with Crippen molar-refractivity contribution in [1.82, 2.24) is 19.8 Å². The molecule has 1 aromatic carbocycles. The van der Waals surface area contributed by atoms with Crippen molar-refractivity contribution in [3.8, 4) is 0 Å². The highest BCUT2D eigenvalue weighted by atomic mass is 35.5. The van der Waals surface area contributed by atoms with Crippen LogP contribution in [0.2, 0.25) is 5.02 Å². The van der Waals surface area contributed by atoms with Gasteiger partial charge in [0.05, 0.1) is 11.7 Å². The normalized spacial score (nSPS) is 18.0. The smallest absolute Gasteiger partial charge is 0.129 e. The summed E-state index contributed by atoms with van der Waals surface area (Å²) in [4.78, 5) is 13.1. The molecule has 23 heavy (non-hydrogen) atoms. The summed E-state index contributed by atoms with van der Waals surface area (Å²) in [6, 6.07) is 5.09. The lowest BCUT2D eigenvalue weighted by Crippen LogP contribution is -2.46. The van der Waals surface area contributed by atoms with Gasteiger partial charge in [0.1, 0.15) is 5.82 Å². The predicted molar refractivity (Wildman–Crippen MR) is 88.7 cm³/mol. The summed E-state index contributed by atoms with van der Waals surface area (Å²) in [5.41, 5.74) is 1.57. The van der Waals surface area contributed by atoms with Gasteiger partial charge in [-0.3, -0.25) is 19.8 Å². The van der Waals surface area contributed by atoms with Crippen LogP contribution >= 0.6 is 11.6 Å². The maximum absolute atomic E-state index is 13.9. The topological polar surface area (TPSA) is 32.3 Å². The van der Waals surface area contributed by atoms with Gasteiger partial charge < -0.3 is 0 Å². The minimum atomic E-state index is -0.229. The summed E-state index contributed by atoms with van der Waals surface area (Å²) >= 11 is 6.12. The van der Waals surface area contributed by atoms with Gasteiger partial charge >= 0.3 is 0 Å². The van der Waals surface area contributed by atoms with Gasteiger partial charge in [0.2, 0.25) is 0 Å². The van der Waals surface area contributed by atoms with Crippen LogP contribution in [0.15, 0.2) is 36.8 Å². The number of halogens is 2. The zero-order chi connectivity index (χ0) is 16.2. The van der Waals surface area contributed by atoms with Crippen molar-refractivity contribution in [3.63, 3.8) is 0 Å². The van der Waals surface area contributed by atoms with Crippen LogP contribution in [-0.2, 0) is 6.54 Å².